The molecule has 0 bridgehead atoms. The number of hydrogen-bond donors (Lipinski definition) is 0. The number of nitrogens with zero attached hydrogens (tertiary/aromatic N) is 1. The van der Waals surface area contributed by atoms with Gasteiger partial charge in [-0.2, -0.15) is 0 Å². The molecule has 0 atom stereocenters. The maximum Gasteiger partial charge on any atom is 0.311 e. The summed E-state index contributed by atoms with van der Waals surface area (Å²) in [6.07, 6.45) is 3.80. The quantitative estimate of drug-likeness (QED) is 0.475. The Morgan fingerprint density at radius 1 is 1.00 bits per heavy atom. The summed E-state index contributed by atoms with van der Waals surface area (Å²) >= 11 is 0. The molecule has 0 spiro atoms. The lowest BCUT2D eigenvalue weighted by atomic mass is 10.1. The Bertz CT molecular complexity index is 705. The monoisotopic (exact) mass is 283 g/mol. The Hall–Kier alpha value is -2.62. The van der Waals surface area contributed by atoms with Crippen LogP contribution in [0.4, 0.5) is 5.69 Å². The third-order valence-corrected chi connectivity index (χ3v) is 3.40. The van der Waals surface area contributed by atoms with Crippen LogP contribution in [0.25, 0.3) is 12.2 Å². The third-order valence-electron chi connectivity index (χ3n) is 3.40. The fourth-order valence-electron chi connectivity index (χ4n) is 2.01. The summed E-state index contributed by atoms with van der Waals surface area (Å²) in [7, 11) is 1.42. The van der Waals surface area contributed by atoms with E-state index in [2.05, 4.69) is 26.0 Å². The number of aryl methyl sites for hydroxylation is 2. The number of nitro groups is 1. The molecule has 0 unspecified atom stereocenters. The van der Waals surface area contributed by atoms with E-state index < -0.39 is 4.92 Å². The maximum atomic E-state index is 11.0. The lowest BCUT2D eigenvalue weighted by Crippen LogP contribution is -1.93. The largest absolute Gasteiger partial charge is 0.490 e. The van der Waals surface area contributed by atoms with E-state index in [0.717, 1.165) is 11.1 Å². The third kappa shape index (κ3) is 3.48. The molecular formula is C17H17NO3. The number of rotatable bonds is 4. The highest BCUT2D eigenvalue weighted by molar-refractivity contribution is 5.72. The summed E-state index contributed by atoms with van der Waals surface area (Å²) in [6.45, 7) is 4.13. The van der Waals surface area contributed by atoms with E-state index in [1.165, 1.54) is 24.3 Å². The van der Waals surface area contributed by atoms with Crippen LogP contribution in [0, 0.1) is 24.0 Å². The van der Waals surface area contributed by atoms with Crippen molar-refractivity contribution in [2.24, 2.45) is 0 Å². The second-order valence-electron chi connectivity index (χ2n) is 4.87. The van der Waals surface area contributed by atoms with E-state index in [0.29, 0.717) is 0 Å². The van der Waals surface area contributed by atoms with Gasteiger partial charge in [0.2, 0.25) is 0 Å². The number of ether oxygens (including phenoxy) is 1. The first kappa shape index (κ1) is 14.8. The molecule has 0 saturated carbocycles. The Morgan fingerprint density at radius 2 is 1.62 bits per heavy atom. The molecule has 2 aromatic rings. The summed E-state index contributed by atoms with van der Waals surface area (Å²) in [6, 6.07) is 11.1. The van der Waals surface area contributed by atoms with E-state index in [1.807, 2.05) is 18.2 Å². The predicted octanol–water partition coefficient (Wildman–Crippen LogP) is 4.39. The lowest BCUT2D eigenvalue weighted by molar-refractivity contribution is -0.385. The smallest absolute Gasteiger partial charge is 0.311 e. The molecule has 0 saturated heterocycles. The number of hydrogen-bond acceptors (Lipinski definition) is 3. The maximum absolute atomic E-state index is 11.0. The van der Waals surface area contributed by atoms with Crippen molar-refractivity contribution in [3.05, 3.63) is 68.8 Å². The van der Waals surface area contributed by atoms with Crippen molar-refractivity contribution in [3.8, 4) is 5.75 Å². The van der Waals surface area contributed by atoms with Crippen LogP contribution in [0.15, 0.2) is 36.4 Å². The molecular weight excluding hydrogens is 266 g/mol. The van der Waals surface area contributed by atoms with Crippen LogP contribution in [0.3, 0.4) is 0 Å². The van der Waals surface area contributed by atoms with E-state index in [1.54, 1.807) is 12.1 Å². The molecule has 0 aliphatic rings. The van der Waals surface area contributed by atoms with Gasteiger partial charge in [0.05, 0.1) is 12.0 Å². The van der Waals surface area contributed by atoms with E-state index in [9.17, 15) is 10.1 Å². The highest BCUT2D eigenvalue weighted by Gasteiger charge is 2.14. The molecule has 2 rings (SSSR count). The second kappa shape index (κ2) is 6.22. The molecule has 4 heteroatoms. The molecule has 0 fully saturated rings. The topological polar surface area (TPSA) is 52.4 Å². The van der Waals surface area contributed by atoms with Crippen LogP contribution in [0.5, 0.6) is 5.75 Å². The predicted molar refractivity (Wildman–Crippen MR) is 84.5 cm³/mol. The van der Waals surface area contributed by atoms with E-state index in [4.69, 9.17) is 4.74 Å². The molecule has 0 heterocycles. The minimum absolute atomic E-state index is 0.0280. The number of nitro benzene ring substituents is 1. The average molecular weight is 283 g/mol. The van der Waals surface area contributed by atoms with Gasteiger partial charge in [0.1, 0.15) is 0 Å². The van der Waals surface area contributed by atoms with Crippen LogP contribution < -0.4 is 4.74 Å². The van der Waals surface area contributed by atoms with E-state index in [-0.39, 0.29) is 11.4 Å². The average Bonchev–Trinajstić information content (AvgIpc) is 2.48. The van der Waals surface area contributed by atoms with Crippen molar-refractivity contribution < 1.29 is 9.66 Å². The zero-order valence-electron chi connectivity index (χ0n) is 12.3. The summed E-state index contributed by atoms with van der Waals surface area (Å²) in [5, 5.41) is 11.0. The van der Waals surface area contributed by atoms with Crippen LogP contribution in [-0.2, 0) is 0 Å². The van der Waals surface area contributed by atoms with Gasteiger partial charge in [0.15, 0.2) is 5.75 Å². The minimum atomic E-state index is -0.438. The molecule has 0 amide bonds. The van der Waals surface area contributed by atoms with Gasteiger partial charge in [-0.25, -0.2) is 0 Å². The van der Waals surface area contributed by atoms with Crippen molar-refractivity contribution in [3.63, 3.8) is 0 Å². The van der Waals surface area contributed by atoms with E-state index >= 15 is 0 Å². The standard InChI is InChI=1S/C17H17NO3/c1-12-4-5-14(10-13(12)2)6-7-15-8-9-17(21-3)16(11-15)18(19)20/h4-11H,1-3H3/b7-6+. The molecule has 0 aliphatic carbocycles. The van der Waals surface area contributed by atoms with Crippen LogP contribution in [-0.4, -0.2) is 12.0 Å². The first-order chi connectivity index (χ1) is 10.0. The molecule has 0 N–H and O–H groups in total. The Kier molecular flexibility index (Phi) is 4.38. The van der Waals surface area contributed by atoms with Gasteiger partial charge >= 0.3 is 5.69 Å². The van der Waals surface area contributed by atoms with Crippen LogP contribution in [0.2, 0.25) is 0 Å². The highest BCUT2D eigenvalue weighted by Crippen LogP contribution is 2.28. The number of benzene rings is 2. The Morgan fingerprint density at radius 3 is 2.19 bits per heavy atom. The Labute approximate surface area is 123 Å². The molecule has 0 radical (unpaired) electrons. The molecule has 0 aromatic heterocycles. The van der Waals surface area contributed by atoms with Crippen molar-refractivity contribution >= 4 is 17.8 Å². The van der Waals surface area contributed by atoms with Gasteiger partial charge < -0.3 is 4.74 Å². The summed E-state index contributed by atoms with van der Waals surface area (Å²) < 4.78 is 4.99. The second-order valence-corrected chi connectivity index (χ2v) is 4.87. The van der Waals surface area contributed by atoms with Gasteiger partial charge in [0, 0.05) is 6.07 Å². The SMILES string of the molecule is COc1ccc(/C=C/c2ccc(C)c(C)c2)cc1[N+](=O)[O-]. The Balaban J connectivity index is 2.30. The van der Waals surface area contributed by atoms with Crippen LogP contribution >= 0.6 is 0 Å². The molecule has 2 aromatic carbocycles. The zero-order chi connectivity index (χ0) is 15.4. The first-order valence-electron chi connectivity index (χ1n) is 6.59. The van der Waals surface area contributed by atoms with Crippen molar-refractivity contribution in [2.75, 3.05) is 7.11 Å². The fraction of sp³-hybridized carbons (Fsp3) is 0.176. The zero-order valence-corrected chi connectivity index (χ0v) is 12.3. The van der Waals surface area contributed by atoms with Crippen LogP contribution in [0.1, 0.15) is 22.3 Å². The summed E-state index contributed by atoms with van der Waals surface area (Å²) in [5.74, 6) is 0.267. The van der Waals surface area contributed by atoms with Gasteiger partial charge in [-0.05, 0) is 42.2 Å². The van der Waals surface area contributed by atoms with Crippen molar-refractivity contribution in [1.29, 1.82) is 0 Å². The van der Waals surface area contributed by atoms with Gasteiger partial charge in [0.25, 0.3) is 0 Å². The van der Waals surface area contributed by atoms with Crippen molar-refractivity contribution in [1.82, 2.24) is 0 Å². The highest BCUT2D eigenvalue weighted by atomic mass is 16.6. The van der Waals surface area contributed by atoms with Crippen molar-refractivity contribution in [2.45, 2.75) is 13.8 Å². The first-order valence-corrected chi connectivity index (χ1v) is 6.59. The summed E-state index contributed by atoms with van der Waals surface area (Å²) in [5.41, 5.74) is 4.27. The number of methoxy groups -OCH3 is 1. The lowest BCUT2D eigenvalue weighted by Gasteiger charge is -2.03. The van der Waals surface area contributed by atoms with Gasteiger partial charge in [-0.15, -0.1) is 0 Å². The minimum Gasteiger partial charge on any atom is -0.490 e. The molecule has 108 valence electrons. The normalized spacial score (nSPS) is 10.8. The van der Waals surface area contributed by atoms with Gasteiger partial charge in [-0.1, -0.05) is 36.4 Å². The van der Waals surface area contributed by atoms with Gasteiger partial charge in [-0.3, -0.25) is 10.1 Å². The summed E-state index contributed by atoms with van der Waals surface area (Å²) in [4.78, 5) is 10.6. The fourth-order valence-corrected chi connectivity index (χ4v) is 2.01. The molecule has 4 nitrogen and oxygen atoms in total. The molecule has 21 heavy (non-hydrogen) atoms. The molecule has 0 aliphatic heterocycles.